The van der Waals surface area contributed by atoms with Crippen molar-refractivity contribution < 1.29 is 0 Å². The summed E-state index contributed by atoms with van der Waals surface area (Å²) in [7, 11) is 0. The van der Waals surface area contributed by atoms with Crippen molar-refractivity contribution in [2.75, 3.05) is 6.26 Å². The summed E-state index contributed by atoms with van der Waals surface area (Å²) in [5.74, 6) is 0. The van der Waals surface area contributed by atoms with Crippen LogP contribution in [-0.4, -0.2) is 6.26 Å². The fraction of sp³-hybridized carbons (Fsp3) is 0.750. The lowest BCUT2D eigenvalue weighted by molar-refractivity contribution is 0.398. The van der Waals surface area contributed by atoms with Gasteiger partial charge in [-0.1, -0.05) is 19.9 Å². The number of rotatable bonds is 1. The van der Waals surface area contributed by atoms with Crippen LogP contribution in [0.25, 0.3) is 0 Å². The van der Waals surface area contributed by atoms with E-state index in [4.69, 9.17) is 0 Å². The molecule has 1 aliphatic carbocycles. The van der Waals surface area contributed by atoms with Gasteiger partial charge in [-0.2, -0.15) is 0 Å². The van der Waals surface area contributed by atoms with Crippen molar-refractivity contribution in [2.24, 2.45) is 5.41 Å². The maximum Gasteiger partial charge on any atom is -0.0140 e. The molecule has 52 valence electrons. The highest BCUT2D eigenvalue weighted by Crippen LogP contribution is 2.39. The molecule has 0 fully saturated rings. The highest BCUT2D eigenvalue weighted by atomic mass is 32.2. The van der Waals surface area contributed by atoms with Gasteiger partial charge in [-0.15, -0.1) is 11.8 Å². The number of allylic oxidation sites excluding steroid dienone is 2. The lowest BCUT2D eigenvalue weighted by atomic mass is 9.91. The van der Waals surface area contributed by atoms with E-state index in [1.54, 1.807) is 4.91 Å². The fourth-order valence-corrected chi connectivity index (χ4v) is 1.95. The third-order valence-electron chi connectivity index (χ3n) is 1.80. The predicted octanol–water partition coefficient (Wildman–Crippen LogP) is 3.05. The lowest BCUT2D eigenvalue weighted by Crippen LogP contribution is -2.03. The minimum atomic E-state index is 0.554. The van der Waals surface area contributed by atoms with E-state index in [0.717, 1.165) is 0 Å². The maximum atomic E-state index is 2.37. The Bertz CT molecular complexity index is 134. The zero-order valence-corrected chi connectivity index (χ0v) is 7.22. The number of hydrogen-bond acceptors (Lipinski definition) is 1. The first-order chi connectivity index (χ1) is 4.14. The third-order valence-corrected chi connectivity index (χ3v) is 2.63. The average Bonchev–Trinajstić information content (AvgIpc) is 2.10. The average molecular weight is 142 g/mol. The van der Waals surface area contributed by atoms with Gasteiger partial charge in [-0.25, -0.2) is 0 Å². The monoisotopic (exact) mass is 142 g/mol. The van der Waals surface area contributed by atoms with E-state index in [0.29, 0.717) is 5.41 Å². The molecule has 9 heavy (non-hydrogen) atoms. The minimum absolute atomic E-state index is 0.554. The molecule has 0 saturated carbocycles. The summed E-state index contributed by atoms with van der Waals surface area (Å²) >= 11 is 1.90. The smallest absolute Gasteiger partial charge is 0.0140 e. The molecule has 0 heterocycles. The zero-order chi connectivity index (χ0) is 6.91. The molecule has 0 radical (unpaired) electrons. The van der Waals surface area contributed by atoms with Crippen molar-refractivity contribution in [1.82, 2.24) is 0 Å². The second kappa shape index (κ2) is 2.37. The molecule has 0 N–H and O–H groups in total. The van der Waals surface area contributed by atoms with Gasteiger partial charge in [0.2, 0.25) is 0 Å². The molecule has 0 aromatic heterocycles. The summed E-state index contributed by atoms with van der Waals surface area (Å²) in [5.41, 5.74) is 0.554. The van der Waals surface area contributed by atoms with Crippen LogP contribution in [0, 0.1) is 5.41 Å². The van der Waals surface area contributed by atoms with Gasteiger partial charge in [-0.05, 0) is 29.4 Å². The molecule has 0 nitrogen and oxygen atoms in total. The van der Waals surface area contributed by atoms with Gasteiger partial charge >= 0.3 is 0 Å². The molecule has 1 heteroatoms. The standard InChI is InChI=1S/C8H14S/c1-8(2)5-4-7(6-8)9-3/h4H,5-6H2,1-3H3. The van der Waals surface area contributed by atoms with E-state index in [1.807, 2.05) is 11.8 Å². The molecule has 0 aromatic rings. The van der Waals surface area contributed by atoms with Gasteiger partial charge in [0.25, 0.3) is 0 Å². The van der Waals surface area contributed by atoms with Crippen molar-refractivity contribution in [3.05, 3.63) is 11.0 Å². The summed E-state index contributed by atoms with van der Waals surface area (Å²) in [6.45, 7) is 4.65. The molecular weight excluding hydrogens is 128 g/mol. The van der Waals surface area contributed by atoms with Gasteiger partial charge in [-0.3, -0.25) is 0 Å². The van der Waals surface area contributed by atoms with Crippen molar-refractivity contribution in [2.45, 2.75) is 26.7 Å². The Hall–Kier alpha value is 0.0900. The van der Waals surface area contributed by atoms with Crippen LogP contribution in [0.15, 0.2) is 11.0 Å². The Balaban J connectivity index is 2.50. The predicted molar refractivity (Wildman–Crippen MR) is 44.6 cm³/mol. The van der Waals surface area contributed by atoms with E-state index in [-0.39, 0.29) is 0 Å². The number of thioether (sulfide) groups is 1. The lowest BCUT2D eigenvalue weighted by Gasteiger charge is -2.15. The molecular formula is C8H14S. The van der Waals surface area contributed by atoms with Gasteiger partial charge in [0.15, 0.2) is 0 Å². The molecule has 0 saturated heterocycles. The first kappa shape index (κ1) is 7.20. The molecule has 1 aliphatic rings. The van der Waals surface area contributed by atoms with Crippen LogP contribution in [0.2, 0.25) is 0 Å². The first-order valence-electron chi connectivity index (χ1n) is 3.37. The largest absolute Gasteiger partial charge is 0.134 e. The van der Waals surface area contributed by atoms with E-state index in [1.165, 1.54) is 12.8 Å². The minimum Gasteiger partial charge on any atom is -0.134 e. The summed E-state index contributed by atoms with van der Waals surface area (Å²) in [4.78, 5) is 1.57. The van der Waals surface area contributed by atoms with E-state index >= 15 is 0 Å². The van der Waals surface area contributed by atoms with E-state index in [9.17, 15) is 0 Å². The van der Waals surface area contributed by atoms with Crippen molar-refractivity contribution in [3.63, 3.8) is 0 Å². The molecule has 0 atom stereocenters. The Labute approximate surface area is 61.7 Å². The second-order valence-electron chi connectivity index (χ2n) is 3.42. The van der Waals surface area contributed by atoms with Crippen LogP contribution in [-0.2, 0) is 0 Å². The van der Waals surface area contributed by atoms with Crippen LogP contribution in [0.3, 0.4) is 0 Å². The summed E-state index contributed by atoms with van der Waals surface area (Å²) in [6, 6.07) is 0. The van der Waals surface area contributed by atoms with Crippen LogP contribution in [0.5, 0.6) is 0 Å². The SMILES string of the molecule is CSC1=CCC(C)(C)C1. The van der Waals surface area contributed by atoms with Crippen LogP contribution in [0.1, 0.15) is 26.7 Å². The zero-order valence-electron chi connectivity index (χ0n) is 6.40. The molecule has 0 unspecified atom stereocenters. The summed E-state index contributed by atoms with van der Waals surface area (Å²) in [5, 5.41) is 0. The Morgan fingerprint density at radius 3 is 2.44 bits per heavy atom. The second-order valence-corrected chi connectivity index (χ2v) is 4.35. The van der Waals surface area contributed by atoms with E-state index < -0.39 is 0 Å². The fourth-order valence-electron chi connectivity index (χ4n) is 1.16. The van der Waals surface area contributed by atoms with Gasteiger partial charge in [0, 0.05) is 0 Å². The first-order valence-corrected chi connectivity index (χ1v) is 4.59. The van der Waals surface area contributed by atoms with Gasteiger partial charge < -0.3 is 0 Å². The molecule has 0 amide bonds. The van der Waals surface area contributed by atoms with Crippen molar-refractivity contribution >= 4 is 11.8 Å². The van der Waals surface area contributed by atoms with Crippen LogP contribution < -0.4 is 0 Å². The normalized spacial score (nSPS) is 24.1. The topological polar surface area (TPSA) is 0 Å². The quantitative estimate of drug-likeness (QED) is 0.542. The van der Waals surface area contributed by atoms with Crippen molar-refractivity contribution in [1.29, 1.82) is 0 Å². The van der Waals surface area contributed by atoms with Gasteiger partial charge in [0.05, 0.1) is 0 Å². The molecule has 0 bridgehead atoms. The van der Waals surface area contributed by atoms with Crippen LogP contribution >= 0.6 is 11.8 Å². The van der Waals surface area contributed by atoms with Crippen LogP contribution in [0.4, 0.5) is 0 Å². The molecule has 1 rings (SSSR count). The third kappa shape index (κ3) is 1.75. The maximum absolute atomic E-state index is 2.37. The highest BCUT2D eigenvalue weighted by Gasteiger charge is 2.23. The van der Waals surface area contributed by atoms with Crippen molar-refractivity contribution in [3.8, 4) is 0 Å². The van der Waals surface area contributed by atoms with Gasteiger partial charge in [0.1, 0.15) is 0 Å². The Morgan fingerprint density at radius 2 is 2.22 bits per heavy atom. The Kier molecular flexibility index (Phi) is 1.90. The van der Waals surface area contributed by atoms with E-state index in [2.05, 4.69) is 26.2 Å². The molecule has 0 aromatic carbocycles. The molecule has 0 spiro atoms. The number of hydrogen-bond donors (Lipinski definition) is 0. The summed E-state index contributed by atoms with van der Waals surface area (Å²) in [6.07, 6.45) is 7.08. The highest BCUT2D eigenvalue weighted by molar-refractivity contribution is 8.02. The summed E-state index contributed by atoms with van der Waals surface area (Å²) < 4.78 is 0. The Morgan fingerprint density at radius 1 is 1.56 bits per heavy atom. The molecule has 0 aliphatic heterocycles.